The molecule has 0 aliphatic rings. The zero-order valence-electron chi connectivity index (χ0n) is 15.8. The number of nitriles is 1. The third-order valence-electron chi connectivity index (χ3n) is 4.89. The molecule has 1 aromatic carbocycles. The van der Waals surface area contributed by atoms with Crippen LogP contribution in [0.15, 0.2) is 59.7 Å². The summed E-state index contributed by atoms with van der Waals surface area (Å²) in [7, 11) is 1.65. The highest BCUT2D eigenvalue weighted by Crippen LogP contribution is 2.19. The van der Waals surface area contributed by atoms with E-state index in [9.17, 15) is 14.9 Å². The average Bonchev–Trinajstić information content (AvgIpc) is 3.11. The first-order valence-electron chi connectivity index (χ1n) is 9.17. The van der Waals surface area contributed by atoms with E-state index in [-0.39, 0.29) is 25.0 Å². The number of nitrogens with zero attached hydrogens (tertiary/aromatic N) is 4. The Morgan fingerprint density at radius 2 is 2.00 bits per heavy atom. The van der Waals surface area contributed by atoms with Gasteiger partial charge in [0.1, 0.15) is 18.5 Å². The first-order chi connectivity index (χ1) is 14.1. The molecule has 0 saturated carbocycles. The van der Waals surface area contributed by atoms with E-state index in [1.54, 1.807) is 31.4 Å². The topological polar surface area (TPSA) is 89.4 Å². The molecule has 0 saturated heterocycles. The van der Waals surface area contributed by atoms with E-state index >= 15 is 0 Å². The van der Waals surface area contributed by atoms with Gasteiger partial charge in [-0.15, -0.1) is 0 Å². The van der Waals surface area contributed by atoms with Crippen molar-refractivity contribution in [3.63, 3.8) is 0 Å². The van der Waals surface area contributed by atoms with Crippen LogP contribution in [-0.2, 0) is 29.6 Å². The van der Waals surface area contributed by atoms with Gasteiger partial charge in [0.15, 0.2) is 0 Å². The van der Waals surface area contributed by atoms with Gasteiger partial charge in [-0.1, -0.05) is 18.2 Å². The number of carbonyl (C=O) groups is 1. The van der Waals surface area contributed by atoms with Crippen molar-refractivity contribution in [2.24, 2.45) is 7.05 Å². The quantitative estimate of drug-likeness (QED) is 0.492. The summed E-state index contributed by atoms with van der Waals surface area (Å²) in [6.07, 6.45) is 4.01. The van der Waals surface area contributed by atoms with Gasteiger partial charge in [-0.3, -0.25) is 14.2 Å². The molecular formula is C22H18N4O3. The number of rotatable bonds is 5. The van der Waals surface area contributed by atoms with Crippen LogP contribution in [0, 0.1) is 11.3 Å². The highest BCUT2D eigenvalue weighted by atomic mass is 16.5. The van der Waals surface area contributed by atoms with E-state index in [1.165, 1.54) is 4.57 Å². The van der Waals surface area contributed by atoms with E-state index in [0.29, 0.717) is 27.9 Å². The third kappa shape index (κ3) is 3.48. The Morgan fingerprint density at radius 1 is 1.21 bits per heavy atom. The molecule has 29 heavy (non-hydrogen) atoms. The molecule has 4 rings (SSSR count). The fourth-order valence-corrected chi connectivity index (χ4v) is 3.35. The summed E-state index contributed by atoms with van der Waals surface area (Å²) < 4.78 is 8.65. The fraction of sp³-hybridized carbons (Fsp3) is 0.182. The largest absolute Gasteiger partial charge is 0.461 e. The number of fused-ring (bicyclic) bond motifs is 2. The molecule has 144 valence electrons. The monoisotopic (exact) mass is 386 g/mol. The minimum atomic E-state index is -0.411. The summed E-state index contributed by atoms with van der Waals surface area (Å²) in [5.74, 6) is 0.115. The van der Waals surface area contributed by atoms with Crippen LogP contribution in [0.5, 0.6) is 0 Å². The normalized spacial score (nSPS) is 10.9. The number of carbonyl (C=O) groups excluding carboxylic acids is 1. The summed E-state index contributed by atoms with van der Waals surface area (Å²) in [5.41, 5.74) is 2.40. The Morgan fingerprint density at radius 3 is 2.83 bits per heavy atom. The van der Waals surface area contributed by atoms with Gasteiger partial charge in [-0.2, -0.15) is 5.26 Å². The Hall–Kier alpha value is -3.92. The zero-order valence-corrected chi connectivity index (χ0v) is 15.8. The van der Waals surface area contributed by atoms with Crippen LogP contribution < -0.4 is 5.56 Å². The first-order valence-corrected chi connectivity index (χ1v) is 9.17. The fourth-order valence-electron chi connectivity index (χ4n) is 3.35. The van der Waals surface area contributed by atoms with Crippen LogP contribution in [0.25, 0.3) is 16.4 Å². The number of hydrogen-bond donors (Lipinski definition) is 0. The molecule has 0 atom stereocenters. The molecular weight excluding hydrogens is 368 g/mol. The van der Waals surface area contributed by atoms with E-state index in [4.69, 9.17) is 4.74 Å². The van der Waals surface area contributed by atoms with E-state index in [1.807, 2.05) is 34.9 Å². The number of benzene rings is 1. The number of aromatic nitrogens is 3. The minimum Gasteiger partial charge on any atom is -0.461 e. The molecule has 0 unspecified atom stereocenters. The SMILES string of the molecule is Cn1c(CCC(=O)OCc2cn3ccccc3c2C#N)nc2ccccc2c1=O. The maximum absolute atomic E-state index is 12.4. The molecule has 0 N–H and O–H groups in total. The highest BCUT2D eigenvalue weighted by molar-refractivity contribution is 5.77. The van der Waals surface area contributed by atoms with Crippen LogP contribution in [0.1, 0.15) is 23.4 Å². The molecule has 0 fully saturated rings. The summed E-state index contributed by atoms with van der Waals surface area (Å²) in [6.45, 7) is 0.0213. The molecule has 0 radical (unpaired) electrons. The van der Waals surface area contributed by atoms with E-state index in [2.05, 4.69) is 11.1 Å². The molecule has 0 spiro atoms. The van der Waals surface area contributed by atoms with Crippen LogP contribution in [-0.4, -0.2) is 19.9 Å². The number of ether oxygens (including phenoxy) is 1. The van der Waals surface area contributed by atoms with E-state index < -0.39 is 5.97 Å². The van der Waals surface area contributed by atoms with Crippen molar-refractivity contribution in [2.45, 2.75) is 19.4 Å². The van der Waals surface area contributed by atoms with Crippen molar-refractivity contribution in [3.8, 4) is 6.07 Å². The Bertz CT molecular complexity index is 1330. The average molecular weight is 386 g/mol. The van der Waals surface area contributed by atoms with Gasteiger partial charge in [0.2, 0.25) is 0 Å². The first kappa shape index (κ1) is 18.4. The summed E-state index contributed by atoms with van der Waals surface area (Å²) in [6, 6.07) is 14.9. The molecule has 0 amide bonds. The number of para-hydroxylation sites is 1. The summed E-state index contributed by atoms with van der Waals surface area (Å²) in [5, 5.41) is 9.97. The number of esters is 1. The van der Waals surface area contributed by atoms with Crippen molar-refractivity contribution in [2.75, 3.05) is 0 Å². The zero-order chi connectivity index (χ0) is 20.4. The predicted octanol–water partition coefficient (Wildman–Crippen LogP) is 2.73. The van der Waals surface area contributed by atoms with Crippen LogP contribution in [0.4, 0.5) is 0 Å². The Balaban J connectivity index is 1.45. The van der Waals surface area contributed by atoms with Crippen molar-refractivity contribution < 1.29 is 9.53 Å². The second-order valence-corrected chi connectivity index (χ2v) is 6.70. The van der Waals surface area contributed by atoms with Crippen molar-refractivity contribution in [1.82, 2.24) is 14.0 Å². The van der Waals surface area contributed by atoms with Crippen molar-refractivity contribution >= 4 is 22.4 Å². The van der Waals surface area contributed by atoms with Gasteiger partial charge in [0, 0.05) is 31.4 Å². The Kier molecular flexibility index (Phi) is 4.83. The molecule has 4 aromatic rings. The van der Waals surface area contributed by atoms with Crippen LogP contribution in [0.2, 0.25) is 0 Å². The summed E-state index contributed by atoms with van der Waals surface area (Å²) in [4.78, 5) is 29.2. The molecule has 0 bridgehead atoms. The smallest absolute Gasteiger partial charge is 0.306 e. The second-order valence-electron chi connectivity index (χ2n) is 6.70. The van der Waals surface area contributed by atoms with E-state index in [0.717, 1.165) is 5.52 Å². The van der Waals surface area contributed by atoms with Crippen molar-refractivity contribution in [1.29, 1.82) is 5.26 Å². The van der Waals surface area contributed by atoms with Gasteiger partial charge in [0.05, 0.1) is 28.4 Å². The second kappa shape index (κ2) is 7.60. The number of aryl methyl sites for hydroxylation is 1. The Labute approximate surface area is 166 Å². The maximum Gasteiger partial charge on any atom is 0.306 e. The molecule has 3 aromatic heterocycles. The van der Waals surface area contributed by atoms with Gasteiger partial charge in [-0.25, -0.2) is 4.98 Å². The molecule has 0 aliphatic heterocycles. The van der Waals surface area contributed by atoms with Gasteiger partial charge in [-0.05, 0) is 24.3 Å². The molecule has 3 heterocycles. The maximum atomic E-state index is 12.4. The lowest BCUT2D eigenvalue weighted by Gasteiger charge is -2.09. The molecule has 0 aliphatic carbocycles. The predicted molar refractivity (Wildman–Crippen MR) is 107 cm³/mol. The minimum absolute atomic E-state index is 0.0213. The lowest BCUT2D eigenvalue weighted by atomic mass is 10.2. The van der Waals surface area contributed by atoms with Crippen LogP contribution >= 0.6 is 0 Å². The van der Waals surface area contributed by atoms with Gasteiger partial charge in [0.25, 0.3) is 5.56 Å². The lowest BCUT2D eigenvalue weighted by Crippen LogP contribution is -2.23. The summed E-state index contributed by atoms with van der Waals surface area (Å²) >= 11 is 0. The third-order valence-corrected chi connectivity index (χ3v) is 4.89. The molecule has 7 nitrogen and oxygen atoms in total. The standard InChI is InChI=1S/C22H18N4O3/c1-25-20(24-18-7-3-2-6-16(18)22(25)28)9-10-21(27)29-14-15-13-26-11-5-4-8-19(26)17(15)12-23/h2-8,11,13H,9-10,14H2,1H3. The molecule has 7 heteroatoms. The lowest BCUT2D eigenvalue weighted by molar-refractivity contribution is -0.144. The van der Waals surface area contributed by atoms with Gasteiger partial charge >= 0.3 is 5.97 Å². The van der Waals surface area contributed by atoms with Crippen LogP contribution in [0.3, 0.4) is 0 Å². The van der Waals surface area contributed by atoms with Gasteiger partial charge < -0.3 is 9.14 Å². The highest BCUT2D eigenvalue weighted by Gasteiger charge is 2.14. The number of pyridine rings is 1. The number of hydrogen-bond acceptors (Lipinski definition) is 5. The van der Waals surface area contributed by atoms with Crippen molar-refractivity contribution in [3.05, 3.63) is 82.2 Å².